The highest BCUT2D eigenvalue weighted by molar-refractivity contribution is 7.80. The zero-order valence-corrected chi connectivity index (χ0v) is 10.1. The number of para-hydroxylation sites is 1. The molecule has 0 aliphatic carbocycles. The minimum Gasteiger partial charge on any atom is -0.350 e. The highest BCUT2D eigenvalue weighted by Gasteiger charge is 2.37. The van der Waals surface area contributed by atoms with Crippen molar-refractivity contribution in [2.75, 3.05) is 4.90 Å². The average Bonchev–Trinajstić information content (AvgIpc) is 2.56. The summed E-state index contributed by atoms with van der Waals surface area (Å²) in [5.74, 6) is 0.269. The van der Waals surface area contributed by atoms with E-state index in [1.54, 1.807) is 4.90 Å². The van der Waals surface area contributed by atoms with Gasteiger partial charge in [0.2, 0.25) is 0 Å². The van der Waals surface area contributed by atoms with E-state index in [0.717, 1.165) is 5.69 Å². The van der Waals surface area contributed by atoms with Crippen LogP contribution in [0.5, 0.6) is 0 Å². The standard InChI is InChI=1S/C12H14N2OS/c1-8(2)10-11(15)14(12(16)13-10)9-6-4-3-5-7-9/h3-8,10H,1-2H3,(H,13,16)/t10-/m1/s1. The molecule has 0 unspecified atom stereocenters. The molecule has 1 fully saturated rings. The summed E-state index contributed by atoms with van der Waals surface area (Å²) in [5.41, 5.74) is 0.827. The molecule has 1 aromatic rings. The molecule has 0 bridgehead atoms. The quantitative estimate of drug-likeness (QED) is 0.794. The van der Waals surface area contributed by atoms with Gasteiger partial charge in [-0.15, -0.1) is 0 Å². The molecule has 0 saturated carbocycles. The van der Waals surface area contributed by atoms with Gasteiger partial charge in [-0.2, -0.15) is 0 Å². The molecule has 2 rings (SSSR count). The molecule has 3 nitrogen and oxygen atoms in total. The number of hydrogen-bond donors (Lipinski definition) is 1. The Hall–Kier alpha value is -1.42. The second-order valence-electron chi connectivity index (χ2n) is 4.18. The number of amides is 1. The third kappa shape index (κ3) is 1.80. The van der Waals surface area contributed by atoms with E-state index in [0.29, 0.717) is 5.11 Å². The first-order valence-electron chi connectivity index (χ1n) is 5.31. The van der Waals surface area contributed by atoms with Crippen molar-refractivity contribution in [2.45, 2.75) is 19.9 Å². The van der Waals surface area contributed by atoms with Gasteiger partial charge in [0.05, 0.1) is 5.69 Å². The van der Waals surface area contributed by atoms with Gasteiger partial charge in [-0.3, -0.25) is 9.69 Å². The maximum absolute atomic E-state index is 12.1. The number of nitrogens with zero attached hydrogens (tertiary/aromatic N) is 1. The summed E-state index contributed by atoms with van der Waals surface area (Å²) < 4.78 is 0. The highest BCUT2D eigenvalue weighted by Crippen LogP contribution is 2.21. The number of carbonyl (C=O) groups excluding carboxylic acids is 1. The van der Waals surface area contributed by atoms with Crippen LogP contribution in [0.3, 0.4) is 0 Å². The van der Waals surface area contributed by atoms with Crippen molar-refractivity contribution in [2.24, 2.45) is 5.92 Å². The van der Waals surface area contributed by atoms with Crippen LogP contribution in [0.2, 0.25) is 0 Å². The van der Waals surface area contributed by atoms with Gasteiger partial charge in [0.25, 0.3) is 5.91 Å². The van der Waals surface area contributed by atoms with E-state index in [1.807, 2.05) is 44.2 Å². The molecule has 1 saturated heterocycles. The summed E-state index contributed by atoms with van der Waals surface area (Å²) in [7, 11) is 0. The van der Waals surface area contributed by atoms with Gasteiger partial charge in [-0.1, -0.05) is 32.0 Å². The number of hydrogen-bond acceptors (Lipinski definition) is 2. The smallest absolute Gasteiger partial charge is 0.256 e. The summed E-state index contributed by atoms with van der Waals surface area (Å²) >= 11 is 5.19. The Morgan fingerprint density at radius 3 is 2.44 bits per heavy atom. The number of nitrogens with one attached hydrogen (secondary N) is 1. The fourth-order valence-electron chi connectivity index (χ4n) is 1.77. The van der Waals surface area contributed by atoms with Crippen LogP contribution in [0.4, 0.5) is 5.69 Å². The Labute approximate surface area is 100 Å². The molecule has 0 aromatic heterocycles. The van der Waals surface area contributed by atoms with Crippen LogP contribution < -0.4 is 10.2 Å². The van der Waals surface area contributed by atoms with Gasteiger partial charge in [-0.25, -0.2) is 0 Å². The number of benzene rings is 1. The second-order valence-corrected chi connectivity index (χ2v) is 4.57. The van der Waals surface area contributed by atoms with Crippen LogP contribution in [-0.4, -0.2) is 17.1 Å². The van der Waals surface area contributed by atoms with Gasteiger partial charge in [-0.05, 0) is 30.3 Å². The Balaban J connectivity index is 2.30. The monoisotopic (exact) mass is 234 g/mol. The molecular formula is C12H14N2OS. The maximum atomic E-state index is 12.1. The lowest BCUT2D eigenvalue weighted by molar-refractivity contribution is -0.119. The van der Waals surface area contributed by atoms with Crippen molar-refractivity contribution < 1.29 is 4.79 Å². The molecule has 1 aliphatic rings. The van der Waals surface area contributed by atoms with Crippen molar-refractivity contribution in [1.29, 1.82) is 0 Å². The first kappa shape index (κ1) is 11.1. The van der Waals surface area contributed by atoms with Crippen molar-refractivity contribution in [3.05, 3.63) is 30.3 Å². The Morgan fingerprint density at radius 1 is 1.31 bits per heavy atom. The predicted octanol–water partition coefficient (Wildman–Crippen LogP) is 1.93. The summed E-state index contributed by atoms with van der Waals surface area (Å²) in [4.78, 5) is 13.7. The lowest BCUT2D eigenvalue weighted by Crippen LogP contribution is -2.34. The Morgan fingerprint density at radius 2 is 1.94 bits per heavy atom. The zero-order valence-electron chi connectivity index (χ0n) is 9.31. The molecular weight excluding hydrogens is 220 g/mol. The highest BCUT2D eigenvalue weighted by atomic mass is 32.1. The molecule has 1 aliphatic heterocycles. The maximum Gasteiger partial charge on any atom is 0.256 e. The largest absolute Gasteiger partial charge is 0.350 e. The molecule has 16 heavy (non-hydrogen) atoms. The number of rotatable bonds is 2. The summed E-state index contributed by atoms with van der Waals surface area (Å²) in [6.07, 6.45) is 0. The van der Waals surface area contributed by atoms with Crippen molar-refractivity contribution >= 4 is 28.9 Å². The van der Waals surface area contributed by atoms with Crippen LogP contribution in [0.1, 0.15) is 13.8 Å². The lowest BCUT2D eigenvalue weighted by Gasteiger charge is -2.15. The topological polar surface area (TPSA) is 32.3 Å². The van der Waals surface area contributed by atoms with Gasteiger partial charge in [0, 0.05) is 0 Å². The van der Waals surface area contributed by atoms with Gasteiger partial charge < -0.3 is 5.32 Å². The van der Waals surface area contributed by atoms with E-state index in [1.165, 1.54) is 0 Å². The molecule has 4 heteroatoms. The third-order valence-electron chi connectivity index (χ3n) is 2.65. The van der Waals surface area contributed by atoms with E-state index >= 15 is 0 Å². The molecule has 0 spiro atoms. The van der Waals surface area contributed by atoms with E-state index in [9.17, 15) is 4.79 Å². The van der Waals surface area contributed by atoms with E-state index in [4.69, 9.17) is 12.2 Å². The average molecular weight is 234 g/mol. The molecule has 84 valence electrons. The van der Waals surface area contributed by atoms with Crippen molar-refractivity contribution in [1.82, 2.24) is 5.32 Å². The molecule has 1 amide bonds. The van der Waals surface area contributed by atoms with Crippen LogP contribution in [0.25, 0.3) is 0 Å². The molecule has 1 N–H and O–H groups in total. The first-order chi connectivity index (χ1) is 7.61. The van der Waals surface area contributed by atoms with Gasteiger partial charge >= 0.3 is 0 Å². The number of thiocarbonyl (C=S) groups is 1. The van der Waals surface area contributed by atoms with Gasteiger partial charge in [0.15, 0.2) is 5.11 Å². The lowest BCUT2D eigenvalue weighted by atomic mass is 10.1. The summed E-state index contributed by atoms with van der Waals surface area (Å²) in [6, 6.07) is 9.28. The number of carbonyl (C=O) groups is 1. The predicted molar refractivity (Wildman–Crippen MR) is 68.3 cm³/mol. The Kier molecular flexibility index (Phi) is 2.92. The van der Waals surface area contributed by atoms with Crippen LogP contribution in [0.15, 0.2) is 30.3 Å². The minimum absolute atomic E-state index is 0.0335. The molecule has 1 aromatic carbocycles. The molecule has 1 atom stereocenters. The molecule has 0 radical (unpaired) electrons. The van der Waals surface area contributed by atoms with E-state index in [-0.39, 0.29) is 17.9 Å². The second kappa shape index (κ2) is 4.22. The fraction of sp³-hybridized carbons (Fsp3) is 0.333. The normalized spacial score (nSPS) is 20.4. The zero-order chi connectivity index (χ0) is 11.7. The van der Waals surface area contributed by atoms with Crippen molar-refractivity contribution in [3.8, 4) is 0 Å². The van der Waals surface area contributed by atoms with Crippen molar-refractivity contribution in [3.63, 3.8) is 0 Å². The number of anilines is 1. The van der Waals surface area contributed by atoms with E-state index < -0.39 is 0 Å². The first-order valence-corrected chi connectivity index (χ1v) is 5.71. The molecule has 1 heterocycles. The minimum atomic E-state index is -0.201. The van der Waals surface area contributed by atoms with E-state index in [2.05, 4.69) is 5.32 Å². The van der Waals surface area contributed by atoms with Gasteiger partial charge in [0.1, 0.15) is 6.04 Å². The fourth-order valence-corrected chi connectivity index (χ4v) is 2.09. The Bertz CT molecular complexity index is 416. The van der Waals surface area contributed by atoms with Crippen LogP contribution in [0, 0.1) is 5.92 Å². The SMILES string of the molecule is CC(C)[C@H]1NC(=S)N(c2ccccc2)C1=O. The third-order valence-corrected chi connectivity index (χ3v) is 2.95. The summed E-state index contributed by atoms with van der Waals surface area (Å²) in [5, 5.41) is 3.55. The van der Waals surface area contributed by atoms with Crippen LogP contribution >= 0.6 is 12.2 Å². The van der Waals surface area contributed by atoms with Crippen LogP contribution in [-0.2, 0) is 4.79 Å². The summed E-state index contributed by atoms with van der Waals surface area (Å²) in [6.45, 7) is 4.01.